The molecule has 0 saturated heterocycles. The third-order valence-electron chi connectivity index (χ3n) is 3.47. The van der Waals surface area contributed by atoms with Crippen molar-refractivity contribution in [2.45, 2.75) is 0 Å². The number of phenols is 1. The van der Waals surface area contributed by atoms with Gasteiger partial charge in [0.05, 0.1) is 19.8 Å². The van der Waals surface area contributed by atoms with Crippen LogP contribution in [0.25, 0.3) is 22.5 Å². The highest BCUT2D eigenvalue weighted by atomic mass is 35.5. The highest BCUT2D eigenvalue weighted by molar-refractivity contribution is 6.50. The Morgan fingerprint density at radius 3 is 2.60 bits per heavy atom. The van der Waals surface area contributed by atoms with E-state index < -0.39 is 0 Å². The van der Waals surface area contributed by atoms with Gasteiger partial charge in [-0.1, -0.05) is 35.0 Å². The van der Waals surface area contributed by atoms with E-state index in [0.717, 1.165) is 0 Å². The standard InChI is InChI=1S/C18H15ClN2O4/c1-23-15-6-4-3-5-12(15)17-20-18(25-21-17)13(19)9-11-7-8-16(24-2)14(22)10-11/h3-10,22H,1-2H3/b13-9-. The Labute approximate surface area is 149 Å². The molecular formula is C18H15ClN2O4. The van der Waals surface area contributed by atoms with Crippen LogP contribution in [0, 0.1) is 0 Å². The van der Waals surface area contributed by atoms with Gasteiger partial charge in [-0.25, -0.2) is 0 Å². The molecule has 0 bridgehead atoms. The van der Waals surface area contributed by atoms with Gasteiger partial charge in [-0.3, -0.25) is 0 Å². The Kier molecular flexibility index (Phi) is 4.90. The number of hydrogen-bond donors (Lipinski definition) is 1. The summed E-state index contributed by atoms with van der Waals surface area (Å²) in [6.45, 7) is 0. The maximum Gasteiger partial charge on any atom is 0.269 e. The molecule has 0 aliphatic rings. The number of phenolic OH excluding ortho intramolecular Hbond substituents is 1. The van der Waals surface area contributed by atoms with Crippen LogP contribution in [0.15, 0.2) is 47.0 Å². The van der Waals surface area contributed by atoms with Gasteiger partial charge < -0.3 is 19.1 Å². The van der Waals surface area contributed by atoms with Gasteiger partial charge in [0.15, 0.2) is 11.5 Å². The maximum atomic E-state index is 9.82. The number of aromatic nitrogens is 2. The molecule has 0 fully saturated rings. The Balaban J connectivity index is 1.90. The number of ether oxygens (including phenoxy) is 2. The van der Waals surface area contributed by atoms with Gasteiger partial charge in [0.2, 0.25) is 5.82 Å². The summed E-state index contributed by atoms with van der Waals surface area (Å²) in [7, 11) is 3.05. The topological polar surface area (TPSA) is 77.6 Å². The van der Waals surface area contributed by atoms with Crippen LogP contribution in [0.1, 0.15) is 11.5 Å². The van der Waals surface area contributed by atoms with Crippen LogP contribution >= 0.6 is 11.6 Å². The molecule has 0 spiro atoms. The highest BCUT2D eigenvalue weighted by Crippen LogP contribution is 2.31. The fraction of sp³-hybridized carbons (Fsp3) is 0.111. The maximum absolute atomic E-state index is 9.82. The zero-order valence-corrected chi connectivity index (χ0v) is 14.3. The highest BCUT2D eigenvalue weighted by Gasteiger charge is 2.15. The second kappa shape index (κ2) is 7.27. The van der Waals surface area contributed by atoms with Crippen LogP contribution in [-0.2, 0) is 0 Å². The third kappa shape index (κ3) is 3.59. The predicted molar refractivity (Wildman–Crippen MR) is 94.7 cm³/mol. The van der Waals surface area contributed by atoms with Crippen LogP contribution in [0.5, 0.6) is 17.2 Å². The molecule has 25 heavy (non-hydrogen) atoms. The molecule has 2 aromatic carbocycles. The van der Waals surface area contributed by atoms with Crippen LogP contribution in [0.2, 0.25) is 0 Å². The molecule has 3 rings (SSSR count). The second-order valence-electron chi connectivity index (χ2n) is 5.05. The fourth-order valence-electron chi connectivity index (χ4n) is 2.26. The zero-order chi connectivity index (χ0) is 17.8. The van der Waals surface area contributed by atoms with E-state index in [9.17, 15) is 5.11 Å². The number of benzene rings is 2. The average molecular weight is 359 g/mol. The van der Waals surface area contributed by atoms with Crippen LogP contribution in [0.4, 0.5) is 0 Å². The monoisotopic (exact) mass is 358 g/mol. The molecular weight excluding hydrogens is 344 g/mol. The summed E-state index contributed by atoms with van der Waals surface area (Å²) in [6.07, 6.45) is 1.61. The Morgan fingerprint density at radius 1 is 1.12 bits per heavy atom. The van der Waals surface area contributed by atoms with Gasteiger partial charge >= 0.3 is 0 Å². The molecule has 1 N–H and O–H groups in total. The van der Waals surface area contributed by atoms with Crippen molar-refractivity contribution in [3.63, 3.8) is 0 Å². The summed E-state index contributed by atoms with van der Waals surface area (Å²) >= 11 is 6.26. The number of nitrogens with zero attached hydrogens (tertiary/aromatic N) is 2. The minimum absolute atomic E-state index is 0.0148. The Hall–Kier alpha value is -2.99. The molecule has 0 radical (unpaired) electrons. The lowest BCUT2D eigenvalue weighted by atomic mass is 10.2. The van der Waals surface area contributed by atoms with Crippen molar-refractivity contribution < 1.29 is 19.1 Å². The summed E-state index contributed by atoms with van der Waals surface area (Å²) in [5.74, 6) is 1.56. The number of para-hydroxylation sites is 1. The van der Waals surface area contributed by atoms with Crippen molar-refractivity contribution in [1.82, 2.24) is 10.1 Å². The van der Waals surface area contributed by atoms with E-state index >= 15 is 0 Å². The lowest BCUT2D eigenvalue weighted by molar-refractivity contribution is 0.373. The first kappa shape index (κ1) is 16.9. The van der Waals surface area contributed by atoms with Crippen LogP contribution in [0.3, 0.4) is 0 Å². The van der Waals surface area contributed by atoms with Crippen LogP contribution in [-0.4, -0.2) is 29.5 Å². The summed E-state index contributed by atoms with van der Waals surface area (Å²) < 4.78 is 15.5. The van der Waals surface area contributed by atoms with E-state index in [1.807, 2.05) is 24.3 Å². The quantitative estimate of drug-likeness (QED) is 0.736. The number of rotatable bonds is 5. The van der Waals surface area contributed by atoms with Crippen molar-refractivity contribution in [1.29, 1.82) is 0 Å². The van der Waals surface area contributed by atoms with E-state index in [-0.39, 0.29) is 16.7 Å². The third-order valence-corrected chi connectivity index (χ3v) is 3.75. The minimum atomic E-state index is 0.0148. The van der Waals surface area contributed by atoms with E-state index in [1.165, 1.54) is 13.2 Å². The largest absolute Gasteiger partial charge is 0.504 e. The summed E-state index contributed by atoms with van der Waals surface area (Å²) in [6, 6.07) is 12.3. The Morgan fingerprint density at radius 2 is 1.88 bits per heavy atom. The van der Waals surface area contributed by atoms with E-state index in [1.54, 1.807) is 25.3 Å². The zero-order valence-electron chi connectivity index (χ0n) is 13.6. The summed E-state index contributed by atoms with van der Waals surface area (Å²) in [5, 5.41) is 14.0. The van der Waals surface area contributed by atoms with Crippen molar-refractivity contribution >= 4 is 22.7 Å². The number of hydrogen-bond acceptors (Lipinski definition) is 6. The fourth-order valence-corrected chi connectivity index (χ4v) is 2.47. The molecule has 7 heteroatoms. The molecule has 0 unspecified atom stereocenters. The van der Waals surface area contributed by atoms with E-state index in [4.69, 9.17) is 25.6 Å². The van der Waals surface area contributed by atoms with Gasteiger partial charge in [-0.15, -0.1) is 0 Å². The van der Waals surface area contributed by atoms with Gasteiger partial charge in [0, 0.05) is 0 Å². The molecule has 0 aliphatic carbocycles. The molecule has 6 nitrogen and oxygen atoms in total. The average Bonchev–Trinajstić information content (AvgIpc) is 3.12. The number of methoxy groups -OCH3 is 2. The molecule has 0 saturated carbocycles. The summed E-state index contributed by atoms with van der Waals surface area (Å²) in [5.41, 5.74) is 1.37. The lowest BCUT2D eigenvalue weighted by Gasteiger charge is -2.03. The molecule has 0 amide bonds. The molecule has 128 valence electrons. The number of halogens is 1. The van der Waals surface area contributed by atoms with Crippen LogP contribution < -0.4 is 9.47 Å². The molecule has 1 aromatic heterocycles. The van der Waals surface area contributed by atoms with Gasteiger partial charge in [0.25, 0.3) is 5.89 Å². The van der Waals surface area contributed by atoms with E-state index in [2.05, 4.69) is 10.1 Å². The smallest absolute Gasteiger partial charge is 0.269 e. The van der Waals surface area contributed by atoms with E-state index in [0.29, 0.717) is 28.5 Å². The number of aromatic hydroxyl groups is 1. The Bertz CT molecular complexity index is 921. The SMILES string of the molecule is COc1ccc(/C=C(\Cl)c2nc(-c3ccccc3OC)no2)cc1O. The molecule has 3 aromatic rings. The van der Waals surface area contributed by atoms with Gasteiger partial charge in [-0.05, 0) is 35.9 Å². The molecule has 0 atom stereocenters. The van der Waals surface area contributed by atoms with Crippen molar-refractivity contribution in [2.75, 3.05) is 14.2 Å². The first-order chi connectivity index (χ1) is 12.1. The van der Waals surface area contributed by atoms with Crippen molar-refractivity contribution in [3.05, 3.63) is 53.9 Å². The second-order valence-corrected chi connectivity index (χ2v) is 5.45. The minimum Gasteiger partial charge on any atom is -0.504 e. The first-order valence-electron chi connectivity index (χ1n) is 7.34. The normalized spacial score (nSPS) is 11.4. The first-order valence-corrected chi connectivity index (χ1v) is 7.72. The summed E-state index contributed by atoms with van der Waals surface area (Å²) in [4.78, 5) is 4.30. The van der Waals surface area contributed by atoms with Gasteiger partial charge in [-0.2, -0.15) is 4.98 Å². The van der Waals surface area contributed by atoms with Crippen molar-refractivity contribution in [2.24, 2.45) is 0 Å². The molecule has 0 aliphatic heterocycles. The lowest BCUT2D eigenvalue weighted by Crippen LogP contribution is -1.89. The van der Waals surface area contributed by atoms with Crippen molar-refractivity contribution in [3.8, 4) is 28.6 Å². The molecule has 1 heterocycles. The predicted octanol–water partition coefficient (Wildman–Crippen LogP) is 4.20. The van der Waals surface area contributed by atoms with Gasteiger partial charge in [0.1, 0.15) is 10.8 Å².